The summed E-state index contributed by atoms with van der Waals surface area (Å²) in [6.07, 6.45) is 1.60. The van der Waals surface area contributed by atoms with Crippen molar-refractivity contribution in [3.8, 4) is 0 Å². The maximum Gasteiger partial charge on any atom is 0.409 e. The van der Waals surface area contributed by atoms with Crippen molar-refractivity contribution in [2.75, 3.05) is 33.3 Å². The number of nitrogens with one attached hydrogen (secondary N) is 2. The fourth-order valence-corrected chi connectivity index (χ4v) is 3.52. The van der Waals surface area contributed by atoms with E-state index in [0.717, 1.165) is 38.4 Å². The van der Waals surface area contributed by atoms with Crippen LogP contribution in [0.4, 0.5) is 4.79 Å². The van der Waals surface area contributed by atoms with Gasteiger partial charge in [-0.05, 0) is 31.2 Å². The fraction of sp³-hybridized carbons (Fsp3) is 0.647. The van der Waals surface area contributed by atoms with Gasteiger partial charge in [-0.1, -0.05) is 13.0 Å². The summed E-state index contributed by atoms with van der Waals surface area (Å²) >= 11 is 1.78. The van der Waals surface area contributed by atoms with Crippen molar-refractivity contribution in [2.45, 2.75) is 38.6 Å². The molecule has 0 spiro atoms. The summed E-state index contributed by atoms with van der Waals surface area (Å²) in [5, 5.41) is 8.97. The predicted molar refractivity (Wildman–Crippen MR) is 114 cm³/mol. The van der Waals surface area contributed by atoms with Gasteiger partial charge in [-0.25, -0.2) is 4.79 Å². The summed E-state index contributed by atoms with van der Waals surface area (Å²) < 4.78 is 5.05. The molecule has 1 fully saturated rings. The lowest BCUT2D eigenvalue weighted by molar-refractivity contribution is 0.0963. The van der Waals surface area contributed by atoms with Gasteiger partial charge in [-0.15, -0.1) is 35.3 Å². The summed E-state index contributed by atoms with van der Waals surface area (Å²) in [6, 6.07) is 4.58. The van der Waals surface area contributed by atoms with Crippen LogP contribution in [0.25, 0.3) is 0 Å². The Morgan fingerprint density at radius 3 is 2.76 bits per heavy atom. The van der Waals surface area contributed by atoms with Crippen LogP contribution in [0.1, 0.15) is 37.5 Å². The molecule has 6 nitrogen and oxygen atoms in total. The Bertz CT molecular complexity index is 531. The van der Waals surface area contributed by atoms with Crippen LogP contribution in [0.2, 0.25) is 0 Å². The highest BCUT2D eigenvalue weighted by Gasteiger charge is 2.24. The van der Waals surface area contributed by atoms with Crippen molar-refractivity contribution in [1.82, 2.24) is 15.5 Å². The van der Waals surface area contributed by atoms with Gasteiger partial charge in [0.05, 0.1) is 6.61 Å². The molecule has 1 saturated heterocycles. The number of thiophene rings is 1. The monoisotopic (exact) mass is 480 g/mol. The number of carbonyl (C=O) groups excluding carboxylic acids is 1. The van der Waals surface area contributed by atoms with Crippen molar-refractivity contribution in [1.29, 1.82) is 0 Å². The van der Waals surface area contributed by atoms with E-state index in [-0.39, 0.29) is 30.1 Å². The van der Waals surface area contributed by atoms with E-state index in [4.69, 9.17) is 4.74 Å². The average molecular weight is 480 g/mol. The third kappa shape index (κ3) is 7.01. The van der Waals surface area contributed by atoms with Gasteiger partial charge in [0.2, 0.25) is 0 Å². The molecule has 0 radical (unpaired) electrons. The highest BCUT2D eigenvalue weighted by atomic mass is 127. The SMILES string of the molecule is CCOC(=O)N1CCC(NC(=NC)NCC(C)c2cccs2)CC1.I. The molecular weight excluding hydrogens is 451 g/mol. The number of aliphatic imine (C=N–C) groups is 1. The lowest BCUT2D eigenvalue weighted by Crippen LogP contribution is -2.50. The summed E-state index contributed by atoms with van der Waals surface area (Å²) in [7, 11) is 1.79. The number of carbonyl (C=O) groups is 1. The highest BCUT2D eigenvalue weighted by Crippen LogP contribution is 2.19. The first-order chi connectivity index (χ1) is 11.6. The van der Waals surface area contributed by atoms with Gasteiger partial charge in [0, 0.05) is 43.5 Å². The van der Waals surface area contributed by atoms with Crippen LogP contribution in [0.3, 0.4) is 0 Å². The van der Waals surface area contributed by atoms with Crippen molar-refractivity contribution < 1.29 is 9.53 Å². The molecule has 0 bridgehead atoms. The standard InChI is InChI=1S/C17H28N4O2S.HI/c1-4-23-17(22)21-9-7-14(8-10-21)20-16(18-3)19-12-13(2)15-6-5-11-24-15;/h5-6,11,13-14H,4,7-10,12H2,1-3H3,(H2,18,19,20);1H. The fourth-order valence-electron chi connectivity index (χ4n) is 2.73. The quantitative estimate of drug-likeness (QED) is 0.386. The van der Waals surface area contributed by atoms with E-state index < -0.39 is 0 Å². The van der Waals surface area contributed by atoms with Gasteiger partial charge in [0.25, 0.3) is 0 Å². The molecule has 0 aliphatic carbocycles. The predicted octanol–water partition coefficient (Wildman–Crippen LogP) is 3.26. The van der Waals surface area contributed by atoms with Crippen LogP contribution in [0, 0.1) is 0 Å². The first kappa shape index (κ1) is 22.0. The number of nitrogens with zero attached hydrogens (tertiary/aromatic N) is 2. The molecule has 1 atom stereocenters. The number of guanidine groups is 1. The lowest BCUT2D eigenvalue weighted by Gasteiger charge is -2.32. The molecule has 2 N–H and O–H groups in total. The van der Waals surface area contributed by atoms with Crippen molar-refractivity contribution in [3.63, 3.8) is 0 Å². The van der Waals surface area contributed by atoms with Gasteiger partial charge >= 0.3 is 6.09 Å². The van der Waals surface area contributed by atoms with Crippen LogP contribution in [-0.4, -0.2) is 56.3 Å². The largest absolute Gasteiger partial charge is 0.450 e. The molecular formula is C17H29IN4O2S. The Morgan fingerprint density at radius 2 is 2.20 bits per heavy atom. The topological polar surface area (TPSA) is 66.0 Å². The van der Waals surface area contributed by atoms with Gasteiger partial charge in [-0.2, -0.15) is 0 Å². The Balaban J connectivity index is 0.00000312. The molecule has 25 heavy (non-hydrogen) atoms. The number of piperidine rings is 1. The van der Waals surface area contributed by atoms with E-state index in [0.29, 0.717) is 18.6 Å². The molecule has 142 valence electrons. The summed E-state index contributed by atoms with van der Waals surface area (Å²) in [5.74, 6) is 1.28. The zero-order valence-electron chi connectivity index (χ0n) is 15.2. The molecule has 0 saturated carbocycles. The van der Waals surface area contributed by atoms with E-state index in [2.05, 4.69) is 40.1 Å². The van der Waals surface area contributed by atoms with E-state index in [1.165, 1.54) is 4.88 Å². The second kappa shape index (κ2) is 11.6. The molecule has 1 aliphatic rings. The van der Waals surface area contributed by atoms with Crippen LogP contribution in [0.5, 0.6) is 0 Å². The van der Waals surface area contributed by atoms with Crippen LogP contribution >= 0.6 is 35.3 Å². The molecule has 0 aromatic carbocycles. The summed E-state index contributed by atoms with van der Waals surface area (Å²) in [6.45, 7) is 6.76. The van der Waals surface area contributed by atoms with Gasteiger partial charge in [0.1, 0.15) is 0 Å². The minimum Gasteiger partial charge on any atom is -0.450 e. The zero-order chi connectivity index (χ0) is 17.4. The highest BCUT2D eigenvalue weighted by molar-refractivity contribution is 14.0. The maximum atomic E-state index is 11.7. The zero-order valence-corrected chi connectivity index (χ0v) is 18.3. The molecule has 1 amide bonds. The minimum absolute atomic E-state index is 0. The van der Waals surface area contributed by atoms with Gasteiger partial charge in [0.15, 0.2) is 5.96 Å². The third-order valence-electron chi connectivity index (χ3n) is 4.19. The average Bonchev–Trinajstić information content (AvgIpc) is 3.13. The van der Waals surface area contributed by atoms with Crippen LogP contribution in [0.15, 0.2) is 22.5 Å². The number of likely N-dealkylation sites (tertiary alicyclic amines) is 1. The first-order valence-electron chi connectivity index (χ1n) is 8.56. The lowest BCUT2D eigenvalue weighted by atomic mass is 10.1. The first-order valence-corrected chi connectivity index (χ1v) is 9.44. The van der Waals surface area contributed by atoms with Crippen LogP contribution < -0.4 is 10.6 Å². The molecule has 2 rings (SSSR count). The molecule has 8 heteroatoms. The van der Waals surface area contributed by atoms with Gasteiger partial charge in [-0.3, -0.25) is 4.99 Å². The number of halogens is 1. The number of ether oxygens (including phenoxy) is 1. The Morgan fingerprint density at radius 1 is 1.48 bits per heavy atom. The normalized spacial score (nSPS) is 16.8. The van der Waals surface area contributed by atoms with Crippen molar-refractivity contribution >= 4 is 47.4 Å². The number of amides is 1. The second-order valence-corrected chi connectivity index (χ2v) is 6.95. The molecule has 1 aromatic heterocycles. The van der Waals surface area contributed by atoms with Crippen molar-refractivity contribution in [3.05, 3.63) is 22.4 Å². The van der Waals surface area contributed by atoms with E-state index in [1.807, 2.05) is 6.92 Å². The molecule has 2 heterocycles. The summed E-state index contributed by atoms with van der Waals surface area (Å²) in [4.78, 5) is 19.2. The van der Waals surface area contributed by atoms with E-state index in [9.17, 15) is 4.79 Å². The van der Waals surface area contributed by atoms with Crippen molar-refractivity contribution in [2.24, 2.45) is 4.99 Å². The number of hydrogen-bond acceptors (Lipinski definition) is 4. The molecule has 1 aromatic rings. The Labute approximate surface area is 171 Å². The Kier molecular flexibility index (Phi) is 10.2. The van der Waals surface area contributed by atoms with Gasteiger partial charge < -0.3 is 20.3 Å². The smallest absolute Gasteiger partial charge is 0.409 e. The summed E-state index contributed by atoms with van der Waals surface area (Å²) in [5.41, 5.74) is 0. The Hall–Kier alpha value is -1.03. The van der Waals surface area contributed by atoms with E-state index >= 15 is 0 Å². The van der Waals surface area contributed by atoms with E-state index in [1.54, 1.807) is 23.3 Å². The second-order valence-electron chi connectivity index (χ2n) is 5.97. The molecule has 1 unspecified atom stereocenters. The molecule has 1 aliphatic heterocycles. The van der Waals surface area contributed by atoms with Crippen LogP contribution in [-0.2, 0) is 4.74 Å². The maximum absolute atomic E-state index is 11.7. The minimum atomic E-state index is -0.205. The third-order valence-corrected chi connectivity index (χ3v) is 5.29. The number of hydrogen-bond donors (Lipinski definition) is 2. The number of rotatable bonds is 5.